The van der Waals surface area contributed by atoms with Crippen LogP contribution in [0.3, 0.4) is 0 Å². The van der Waals surface area contributed by atoms with Gasteiger partial charge in [-0.15, -0.1) is 11.3 Å². The van der Waals surface area contributed by atoms with Gasteiger partial charge in [-0.3, -0.25) is 4.79 Å². The molecule has 5 nitrogen and oxygen atoms in total. The van der Waals surface area contributed by atoms with Crippen LogP contribution >= 0.6 is 11.3 Å². The minimum atomic E-state index is -3.11. The summed E-state index contributed by atoms with van der Waals surface area (Å²) in [5.41, 5.74) is 7.25. The van der Waals surface area contributed by atoms with Gasteiger partial charge in [-0.05, 0) is 30.4 Å². The maximum Gasteiger partial charge on any atom is 0.270 e. The van der Waals surface area contributed by atoms with E-state index in [1.165, 1.54) is 6.92 Å². The van der Waals surface area contributed by atoms with Crippen LogP contribution in [0, 0.1) is 5.41 Å². The van der Waals surface area contributed by atoms with Gasteiger partial charge in [0.25, 0.3) is 5.92 Å². The van der Waals surface area contributed by atoms with Crippen molar-refractivity contribution in [2.24, 2.45) is 11.1 Å². The van der Waals surface area contributed by atoms with E-state index >= 15 is 0 Å². The normalized spacial score (nSPS) is 29.6. The Morgan fingerprint density at radius 3 is 2.55 bits per heavy atom. The molecule has 150 valence electrons. The molecule has 2 unspecified atom stereocenters. The number of nitrogens with zero attached hydrogens (tertiary/aromatic N) is 3. The minimum Gasteiger partial charge on any atom is -0.369 e. The lowest BCUT2D eigenvalue weighted by Gasteiger charge is -2.12. The summed E-state index contributed by atoms with van der Waals surface area (Å²) in [6.45, 7) is 3.41. The van der Waals surface area contributed by atoms with E-state index in [2.05, 4.69) is 17.0 Å². The number of benzene rings is 1. The number of primary amides is 1. The largest absolute Gasteiger partial charge is 0.369 e. The number of thiazole rings is 1. The number of fused-ring (bicyclic) bond motifs is 1. The summed E-state index contributed by atoms with van der Waals surface area (Å²) in [7, 11) is 0. The molecule has 0 aliphatic heterocycles. The summed E-state index contributed by atoms with van der Waals surface area (Å²) in [5, 5.41) is 7.30. The van der Waals surface area contributed by atoms with Gasteiger partial charge in [0.15, 0.2) is 0 Å². The predicted octanol–water partition coefficient (Wildman–Crippen LogP) is 4.19. The fourth-order valence-electron chi connectivity index (χ4n) is 4.81. The smallest absolute Gasteiger partial charge is 0.270 e. The average Bonchev–Trinajstić information content (AvgIpc) is 3.24. The van der Waals surface area contributed by atoms with Gasteiger partial charge in [-0.1, -0.05) is 31.2 Å². The second kappa shape index (κ2) is 5.95. The summed E-state index contributed by atoms with van der Waals surface area (Å²) in [6, 6.07) is 7.18. The van der Waals surface area contributed by atoms with Gasteiger partial charge >= 0.3 is 0 Å². The van der Waals surface area contributed by atoms with E-state index in [9.17, 15) is 13.6 Å². The van der Waals surface area contributed by atoms with Crippen LogP contribution in [-0.4, -0.2) is 26.6 Å². The zero-order valence-corrected chi connectivity index (χ0v) is 16.8. The van der Waals surface area contributed by atoms with Gasteiger partial charge in [0.2, 0.25) is 11.0 Å². The Balaban J connectivity index is 1.46. The van der Waals surface area contributed by atoms with Crippen molar-refractivity contribution in [3.63, 3.8) is 0 Å². The summed E-state index contributed by atoms with van der Waals surface area (Å²) < 4.78 is 30.4. The molecule has 1 amide bonds. The lowest BCUT2D eigenvalue weighted by molar-refractivity contribution is -0.125. The van der Waals surface area contributed by atoms with Crippen molar-refractivity contribution < 1.29 is 13.6 Å². The van der Waals surface area contributed by atoms with Gasteiger partial charge in [0.1, 0.15) is 5.41 Å². The monoisotopic (exact) mass is 414 g/mol. The molecule has 0 spiro atoms. The molecule has 2 N–H and O–H groups in total. The van der Waals surface area contributed by atoms with E-state index in [1.54, 1.807) is 29.7 Å². The van der Waals surface area contributed by atoms with Crippen LogP contribution < -0.4 is 5.73 Å². The zero-order valence-electron chi connectivity index (χ0n) is 16.0. The Kier molecular flexibility index (Phi) is 3.78. The number of carbonyl (C=O) groups is 1. The van der Waals surface area contributed by atoms with Crippen LogP contribution in [0.4, 0.5) is 8.78 Å². The Bertz CT molecular complexity index is 1090. The number of alkyl halides is 2. The first kappa shape index (κ1) is 18.4. The van der Waals surface area contributed by atoms with Crippen LogP contribution in [0.5, 0.6) is 0 Å². The second-order valence-corrected chi connectivity index (χ2v) is 9.06. The third kappa shape index (κ3) is 2.38. The number of hydrogen-bond donors (Lipinski definition) is 1. The second-order valence-electron chi connectivity index (χ2n) is 8.19. The minimum absolute atomic E-state index is 0.157. The van der Waals surface area contributed by atoms with Crippen molar-refractivity contribution in [3.05, 3.63) is 64.4 Å². The van der Waals surface area contributed by atoms with E-state index in [1.807, 2.05) is 28.4 Å². The maximum absolute atomic E-state index is 14.3. The lowest BCUT2D eigenvalue weighted by atomic mass is 9.91. The average molecular weight is 414 g/mol. The third-order valence-electron chi connectivity index (χ3n) is 6.60. The van der Waals surface area contributed by atoms with Crippen LogP contribution in [0.1, 0.15) is 60.4 Å². The topological polar surface area (TPSA) is 73.8 Å². The van der Waals surface area contributed by atoms with Gasteiger partial charge in [0.05, 0.1) is 17.8 Å². The molecule has 2 aromatic heterocycles. The van der Waals surface area contributed by atoms with Gasteiger partial charge in [0, 0.05) is 23.1 Å². The van der Waals surface area contributed by atoms with Crippen LogP contribution in [0.2, 0.25) is 0 Å². The van der Waals surface area contributed by atoms with E-state index in [4.69, 9.17) is 5.73 Å². The molecule has 3 aromatic rings. The Hall–Kier alpha value is -2.61. The number of halogens is 2. The highest BCUT2D eigenvalue weighted by Gasteiger charge is 2.81. The molecule has 0 bridgehead atoms. The van der Waals surface area contributed by atoms with E-state index < -0.39 is 23.2 Å². The molecule has 4 atom stereocenters. The number of hydrogen-bond acceptors (Lipinski definition) is 4. The maximum atomic E-state index is 14.3. The molecule has 5 rings (SSSR count). The first-order chi connectivity index (χ1) is 13.8. The SMILES string of the molecule is CC1CC(c2ccc([C@H]3C(F)(F)[C@]3(C)C(N)=O)cc2)c2cnn(-c3nccs3)c21. The molecule has 2 heterocycles. The van der Waals surface area contributed by atoms with Crippen molar-refractivity contribution in [2.75, 3.05) is 0 Å². The number of aromatic nitrogens is 3. The summed E-state index contributed by atoms with van der Waals surface area (Å²) in [6.07, 6.45) is 4.58. The molecule has 1 aromatic carbocycles. The molecule has 2 aliphatic carbocycles. The Morgan fingerprint density at radius 1 is 1.28 bits per heavy atom. The third-order valence-corrected chi connectivity index (χ3v) is 7.35. The molecule has 1 saturated carbocycles. The Labute approximate surface area is 170 Å². The summed E-state index contributed by atoms with van der Waals surface area (Å²) in [5.74, 6) is -4.76. The highest BCUT2D eigenvalue weighted by molar-refractivity contribution is 7.12. The van der Waals surface area contributed by atoms with E-state index in [0.29, 0.717) is 11.5 Å². The zero-order chi connectivity index (χ0) is 20.6. The first-order valence-corrected chi connectivity index (χ1v) is 10.4. The molecule has 1 fully saturated rings. The first-order valence-electron chi connectivity index (χ1n) is 9.52. The summed E-state index contributed by atoms with van der Waals surface area (Å²) in [4.78, 5) is 15.9. The van der Waals surface area contributed by atoms with Crippen LogP contribution in [0.15, 0.2) is 42.0 Å². The quantitative estimate of drug-likeness (QED) is 0.696. The highest BCUT2D eigenvalue weighted by Crippen LogP contribution is 2.70. The molecule has 29 heavy (non-hydrogen) atoms. The fraction of sp³-hybridized carbons (Fsp3) is 0.381. The molecule has 0 saturated heterocycles. The van der Waals surface area contributed by atoms with E-state index in [0.717, 1.165) is 28.4 Å². The molecular formula is C21H20F2N4OS. The number of rotatable bonds is 4. The number of carbonyl (C=O) groups excluding carboxylic acids is 1. The Morgan fingerprint density at radius 2 is 1.97 bits per heavy atom. The van der Waals surface area contributed by atoms with Gasteiger partial charge in [-0.2, -0.15) is 5.10 Å². The van der Waals surface area contributed by atoms with Gasteiger partial charge < -0.3 is 5.73 Å². The molecule has 0 radical (unpaired) electrons. The van der Waals surface area contributed by atoms with Crippen molar-refractivity contribution in [1.29, 1.82) is 0 Å². The van der Waals surface area contributed by atoms with Crippen molar-refractivity contribution >= 4 is 17.2 Å². The molecule has 8 heteroatoms. The van der Waals surface area contributed by atoms with E-state index in [-0.39, 0.29) is 5.92 Å². The van der Waals surface area contributed by atoms with Crippen LogP contribution in [0.25, 0.3) is 5.13 Å². The lowest BCUT2D eigenvalue weighted by Crippen LogP contribution is -2.27. The number of amides is 1. The van der Waals surface area contributed by atoms with Crippen molar-refractivity contribution in [3.8, 4) is 5.13 Å². The predicted molar refractivity (Wildman–Crippen MR) is 106 cm³/mol. The standard InChI is InChI=1S/C21H20F2N4OS/c1-11-9-14(15-10-26-27(16(11)15)19-25-7-8-29-19)12-3-5-13(6-4-12)17-20(2,18(24)28)21(17,22)23/h3-8,10-11,14,17H,9H2,1-2H3,(H2,24,28)/t11?,14?,17-,20+/m1/s1. The molecule has 2 aliphatic rings. The van der Waals surface area contributed by atoms with Crippen molar-refractivity contribution in [1.82, 2.24) is 14.8 Å². The fourth-order valence-corrected chi connectivity index (χ4v) is 5.42. The molecular weight excluding hydrogens is 394 g/mol. The summed E-state index contributed by atoms with van der Waals surface area (Å²) >= 11 is 1.54. The van der Waals surface area contributed by atoms with Crippen LogP contribution in [-0.2, 0) is 4.79 Å². The highest BCUT2D eigenvalue weighted by atomic mass is 32.1. The number of nitrogens with two attached hydrogens (primary N) is 1. The van der Waals surface area contributed by atoms with Gasteiger partial charge in [-0.25, -0.2) is 18.4 Å². The van der Waals surface area contributed by atoms with Crippen molar-refractivity contribution in [2.45, 2.75) is 43.9 Å².